The predicted octanol–water partition coefficient (Wildman–Crippen LogP) is 2.95. The molecule has 0 aliphatic rings. The van der Waals surface area contributed by atoms with Gasteiger partial charge in [0, 0.05) is 5.56 Å². The summed E-state index contributed by atoms with van der Waals surface area (Å²) in [5.41, 5.74) is 0.579. The summed E-state index contributed by atoms with van der Waals surface area (Å²) in [5.74, 6) is 0.861. The van der Waals surface area contributed by atoms with E-state index in [9.17, 15) is 10.1 Å². The molecule has 0 spiro atoms. The third-order valence-electron chi connectivity index (χ3n) is 1.90. The Kier molecular flexibility index (Phi) is 5.92. The van der Waals surface area contributed by atoms with Crippen LogP contribution < -0.4 is 9.47 Å². The molecule has 0 radical (unpaired) electrons. The van der Waals surface area contributed by atoms with E-state index in [0.29, 0.717) is 17.1 Å². The van der Waals surface area contributed by atoms with Gasteiger partial charge in [0.1, 0.15) is 0 Å². The molecular weight excluding hydrogens is 210 g/mol. The maximum atomic E-state index is 10.6. The van der Waals surface area contributed by atoms with Crippen LogP contribution in [-0.4, -0.2) is 19.1 Å². The summed E-state index contributed by atoms with van der Waals surface area (Å²) in [6, 6.07) is 2.94. The quantitative estimate of drug-likeness (QED) is 0.588. The summed E-state index contributed by atoms with van der Waals surface area (Å²) in [6.45, 7) is 5.65. The molecule has 16 heavy (non-hydrogen) atoms. The van der Waals surface area contributed by atoms with Crippen LogP contribution in [0.15, 0.2) is 12.1 Å². The Labute approximate surface area is 95.1 Å². The van der Waals surface area contributed by atoms with Crippen LogP contribution in [0.4, 0.5) is 5.69 Å². The highest BCUT2D eigenvalue weighted by Gasteiger charge is 2.15. The van der Waals surface area contributed by atoms with Crippen molar-refractivity contribution in [3.8, 4) is 11.5 Å². The van der Waals surface area contributed by atoms with Gasteiger partial charge in [-0.25, -0.2) is 0 Å². The van der Waals surface area contributed by atoms with Crippen LogP contribution >= 0.6 is 0 Å². The van der Waals surface area contributed by atoms with Crippen molar-refractivity contribution >= 4 is 5.69 Å². The van der Waals surface area contributed by atoms with Crippen molar-refractivity contribution in [1.29, 1.82) is 0 Å². The number of hydrogen-bond donors (Lipinski definition) is 0. The van der Waals surface area contributed by atoms with Gasteiger partial charge in [-0.3, -0.25) is 10.1 Å². The molecule has 0 bridgehead atoms. The topological polar surface area (TPSA) is 61.6 Å². The third-order valence-corrected chi connectivity index (χ3v) is 1.90. The second-order valence-corrected chi connectivity index (χ2v) is 2.75. The minimum Gasteiger partial charge on any atom is -0.493 e. The molecular formula is C11H17NO4. The number of hydrogen-bond acceptors (Lipinski definition) is 4. The Balaban J connectivity index is 0.00000106. The SMILES string of the molecule is CC.COc1cc(C)c([N+](=O)[O-])cc1OC. The summed E-state index contributed by atoms with van der Waals surface area (Å²) < 4.78 is 9.96. The standard InChI is InChI=1S/C9H11NO4.C2H6/c1-6-4-8(13-2)9(14-3)5-7(6)10(11)12;1-2/h4-5H,1-3H3;1-2H3. The molecule has 0 unspecified atom stereocenters. The Morgan fingerprint density at radius 3 is 1.94 bits per heavy atom. The average molecular weight is 227 g/mol. The van der Waals surface area contributed by atoms with Crippen molar-refractivity contribution in [2.75, 3.05) is 14.2 Å². The summed E-state index contributed by atoms with van der Waals surface area (Å²) in [6.07, 6.45) is 0. The molecule has 5 heteroatoms. The van der Waals surface area contributed by atoms with Gasteiger partial charge in [0.25, 0.3) is 5.69 Å². The zero-order chi connectivity index (χ0) is 12.7. The maximum Gasteiger partial charge on any atom is 0.276 e. The lowest BCUT2D eigenvalue weighted by atomic mass is 10.2. The minimum absolute atomic E-state index is 0.0302. The molecule has 0 saturated carbocycles. The molecule has 0 aromatic heterocycles. The van der Waals surface area contributed by atoms with Gasteiger partial charge in [-0.15, -0.1) is 0 Å². The largest absolute Gasteiger partial charge is 0.493 e. The fourth-order valence-electron chi connectivity index (χ4n) is 1.17. The zero-order valence-corrected chi connectivity index (χ0v) is 10.2. The Morgan fingerprint density at radius 2 is 1.56 bits per heavy atom. The van der Waals surface area contributed by atoms with Crippen LogP contribution in [0.2, 0.25) is 0 Å². The molecule has 0 saturated heterocycles. The normalized spacial score (nSPS) is 8.81. The Morgan fingerprint density at radius 1 is 1.12 bits per heavy atom. The predicted molar refractivity (Wildman–Crippen MR) is 62.3 cm³/mol. The third kappa shape index (κ3) is 3.12. The number of benzene rings is 1. The van der Waals surface area contributed by atoms with E-state index in [-0.39, 0.29) is 5.69 Å². The van der Waals surface area contributed by atoms with Crippen LogP contribution in [0, 0.1) is 17.0 Å². The van der Waals surface area contributed by atoms with Crippen molar-refractivity contribution in [2.24, 2.45) is 0 Å². The number of methoxy groups -OCH3 is 2. The zero-order valence-electron chi connectivity index (χ0n) is 10.2. The lowest BCUT2D eigenvalue weighted by Gasteiger charge is -2.07. The Hall–Kier alpha value is -1.78. The number of rotatable bonds is 3. The highest BCUT2D eigenvalue weighted by Crippen LogP contribution is 2.33. The van der Waals surface area contributed by atoms with E-state index in [1.54, 1.807) is 13.0 Å². The van der Waals surface area contributed by atoms with Gasteiger partial charge in [-0.1, -0.05) is 13.8 Å². The van der Waals surface area contributed by atoms with Gasteiger partial charge in [-0.2, -0.15) is 0 Å². The van der Waals surface area contributed by atoms with Crippen molar-refractivity contribution in [1.82, 2.24) is 0 Å². The molecule has 1 rings (SSSR count). The molecule has 0 atom stereocenters. The van der Waals surface area contributed by atoms with Crippen LogP contribution in [0.5, 0.6) is 11.5 Å². The van der Waals surface area contributed by atoms with E-state index in [1.807, 2.05) is 13.8 Å². The lowest BCUT2D eigenvalue weighted by Crippen LogP contribution is -1.96. The van der Waals surface area contributed by atoms with Crippen molar-refractivity contribution < 1.29 is 14.4 Å². The summed E-state index contributed by atoms with van der Waals surface area (Å²) in [5, 5.41) is 10.6. The first-order valence-corrected chi connectivity index (χ1v) is 4.97. The second kappa shape index (κ2) is 6.66. The second-order valence-electron chi connectivity index (χ2n) is 2.75. The van der Waals surface area contributed by atoms with E-state index in [1.165, 1.54) is 20.3 Å². The Bertz CT molecular complexity index is 363. The first-order valence-electron chi connectivity index (χ1n) is 4.97. The van der Waals surface area contributed by atoms with Crippen LogP contribution in [0.1, 0.15) is 19.4 Å². The van der Waals surface area contributed by atoms with Gasteiger partial charge >= 0.3 is 0 Å². The van der Waals surface area contributed by atoms with Crippen LogP contribution in [-0.2, 0) is 0 Å². The first-order chi connectivity index (χ1) is 7.60. The molecule has 0 N–H and O–H groups in total. The molecule has 0 fully saturated rings. The number of ether oxygens (including phenoxy) is 2. The summed E-state index contributed by atoms with van der Waals surface area (Å²) >= 11 is 0. The highest BCUT2D eigenvalue weighted by atomic mass is 16.6. The molecule has 90 valence electrons. The van der Waals surface area contributed by atoms with Gasteiger partial charge in [0.05, 0.1) is 25.2 Å². The van der Waals surface area contributed by atoms with Crippen molar-refractivity contribution in [3.05, 3.63) is 27.8 Å². The van der Waals surface area contributed by atoms with Crippen LogP contribution in [0.3, 0.4) is 0 Å². The average Bonchev–Trinajstić information content (AvgIpc) is 2.30. The fourth-order valence-corrected chi connectivity index (χ4v) is 1.17. The smallest absolute Gasteiger partial charge is 0.276 e. The van der Waals surface area contributed by atoms with E-state index >= 15 is 0 Å². The minimum atomic E-state index is -0.447. The molecule has 5 nitrogen and oxygen atoms in total. The number of nitro benzene ring substituents is 1. The number of nitrogens with zero attached hydrogens (tertiary/aromatic N) is 1. The number of nitro groups is 1. The lowest BCUT2D eigenvalue weighted by molar-refractivity contribution is -0.385. The van der Waals surface area contributed by atoms with Crippen molar-refractivity contribution in [3.63, 3.8) is 0 Å². The van der Waals surface area contributed by atoms with E-state index in [2.05, 4.69) is 0 Å². The summed E-state index contributed by atoms with van der Waals surface area (Å²) in [4.78, 5) is 10.2. The van der Waals surface area contributed by atoms with E-state index < -0.39 is 4.92 Å². The molecule has 1 aromatic rings. The van der Waals surface area contributed by atoms with E-state index in [4.69, 9.17) is 9.47 Å². The maximum absolute atomic E-state index is 10.6. The molecule has 0 heterocycles. The number of aryl methyl sites for hydroxylation is 1. The molecule has 1 aromatic carbocycles. The van der Waals surface area contributed by atoms with Gasteiger partial charge in [-0.05, 0) is 13.0 Å². The highest BCUT2D eigenvalue weighted by molar-refractivity contribution is 5.53. The first kappa shape index (κ1) is 14.2. The van der Waals surface area contributed by atoms with Gasteiger partial charge in [0.15, 0.2) is 11.5 Å². The molecule has 0 aliphatic heterocycles. The fraction of sp³-hybridized carbons (Fsp3) is 0.455. The molecule has 0 aliphatic carbocycles. The van der Waals surface area contributed by atoms with Crippen molar-refractivity contribution in [2.45, 2.75) is 20.8 Å². The summed E-state index contributed by atoms with van der Waals surface area (Å²) in [7, 11) is 2.93. The van der Waals surface area contributed by atoms with Crippen LogP contribution in [0.25, 0.3) is 0 Å². The van der Waals surface area contributed by atoms with Gasteiger partial charge in [0.2, 0.25) is 0 Å². The van der Waals surface area contributed by atoms with E-state index in [0.717, 1.165) is 0 Å². The molecule has 0 amide bonds. The van der Waals surface area contributed by atoms with Gasteiger partial charge < -0.3 is 9.47 Å². The monoisotopic (exact) mass is 227 g/mol.